The lowest BCUT2D eigenvalue weighted by molar-refractivity contribution is -0.113. The van der Waals surface area contributed by atoms with Gasteiger partial charge in [0, 0.05) is 23.6 Å². The Morgan fingerprint density at radius 2 is 1.97 bits per heavy atom. The summed E-state index contributed by atoms with van der Waals surface area (Å²) in [5.74, 6) is -0.541. The van der Waals surface area contributed by atoms with E-state index in [1.54, 1.807) is 26.4 Å². The van der Waals surface area contributed by atoms with Crippen molar-refractivity contribution in [3.8, 4) is 16.9 Å². The molecule has 1 aromatic carbocycles. The third-order valence-electron chi connectivity index (χ3n) is 4.46. The predicted molar refractivity (Wildman–Crippen MR) is 127 cm³/mol. The predicted octanol–water partition coefficient (Wildman–Crippen LogP) is 4.00. The number of ether oxygens (including phenoxy) is 1. The highest BCUT2D eigenvalue weighted by Crippen LogP contribution is 2.25. The van der Waals surface area contributed by atoms with Gasteiger partial charge in [-0.15, -0.1) is 10.2 Å². The maximum absolute atomic E-state index is 12.3. The molecule has 3 aromatic heterocycles. The van der Waals surface area contributed by atoms with E-state index < -0.39 is 5.97 Å². The van der Waals surface area contributed by atoms with Crippen molar-refractivity contribution in [1.82, 2.24) is 24.7 Å². The van der Waals surface area contributed by atoms with Gasteiger partial charge < -0.3 is 14.6 Å². The summed E-state index contributed by atoms with van der Waals surface area (Å²) in [6.45, 7) is 3.73. The standard InChI is InChI=1S/C22H20N6O3S2/c1-3-31-21(30)20-14(2)24-22(33-20)25-18(29)12-32-19-9-8-17(26-27-19)15-4-6-16(7-5-15)28-11-10-23-13-28/h4-11,13H,3,12H2,1-2H3,(H,24,25,29). The number of benzene rings is 1. The molecule has 0 fully saturated rings. The zero-order valence-electron chi connectivity index (χ0n) is 17.9. The summed E-state index contributed by atoms with van der Waals surface area (Å²) in [6, 6.07) is 11.6. The minimum absolute atomic E-state index is 0.140. The fraction of sp³-hybridized carbons (Fsp3) is 0.182. The zero-order valence-corrected chi connectivity index (χ0v) is 19.5. The zero-order chi connectivity index (χ0) is 23.2. The quantitative estimate of drug-likeness (QED) is 0.297. The maximum Gasteiger partial charge on any atom is 0.350 e. The molecule has 9 nitrogen and oxygen atoms in total. The lowest BCUT2D eigenvalue weighted by Crippen LogP contribution is -2.14. The Bertz CT molecular complexity index is 1240. The number of esters is 1. The van der Waals surface area contributed by atoms with E-state index in [-0.39, 0.29) is 18.3 Å². The Kier molecular flexibility index (Phi) is 7.10. The number of carbonyl (C=O) groups excluding carboxylic acids is 2. The molecule has 0 atom stereocenters. The van der Waals surface area contributed by atoms with Gasteiger partial charge in [-0.3, -0.25) is 4.79 Å². The van der Waals surface area contributed by atoms with E-state index in [1.807, 2.05) is 47.2 Å². The molecule has 0 radical (unpaired) electrons. The number of carbonyl (C=O) groups is 2. The summed E-state index contributed by atoms with van der Waals surface area (Å²) in [7, 11) is 0. The van der Waals surface area contributed by atoms with E-state index in [1.165, 1.54) is 11.8 Å². The third-order valence-corrected chi connectivity index (χ3v) is 6.43. The Hall–Kier alpha value is -3.57. The van der Waals surface area contributed by atoms with Gasteiger partial charge in [-0.05, 0) is 38.1 Å². The van der Waals surface area contributed by atoms with Crippen LogP contribution in [0.15, 0.2) is 60.1 Å². The normalized spacial score (nSPS) is 10.7. The van der Waals surface area contributed by atoms with E-state index >= 15 is 0 Å². The van der Waals surface area contributed by atoms with Crippen molar-refractivity contribution in [3.05, 3.63) is 65.7 Å². The molecule has 1 N–H and O–H groups in total. The van der Waals surface area contributed by atoms with Gasteiger partial charge in [-0.25, -0.2) is 14.8 Å². The monoisotopic (exact) mass is 480 g/mol. The van der Waals surface area contributed by atoms with Crippen molar-refractivity contribution >= 4 is 40.1 Å². The lowest BCUT2D eigenvalue weighted by atomic mass is 10.1. The van der Waals surface area contributed by atoms with E-state index in [0.29, 0.717) is 20.7 Å². The van der Waals surface area contributed by atoms with Crippen LogP contribution in [0.25, 0.3) is 16.9 Å². The second-order valence-corrected chi connectivity index (χ2v) is 8.76. The summed E-state index contributed by atoms with van der Waals surface area (Å²) in [5.41, 5.74) is 3.22. The number of hydrogen-bond acceptors (Lipinski definition) is 9. The molecule has 0 saturated heterocycles. The molecule has 0 saturated carbocycles. The Morgan fingerprint density at radius 1 is 1.15 bits per heavy atom. The number of rotatable bonds is 8. The Morgan fingerprint density at radius 3 is 2.64 bits per heavy atom. The summed E-state index contributed by atoms with van der Waals surface area (Å²) in [6.07, 6.45) is 5.35. The fourth-order valence-electron chi connectivity index (χ4n) is 2.90. The van der Waals surface area contributed by atoms with Gasteiger partial charge in [0.1, 0.15) is 9.90 Å². The second-order valence-electron chi connectivity index (χ2n) is 6.76. The number of nitrogens with zero attached hydrogens (tertiary/aromatic N) is 5. The summed E-state index contributed by atoms with van der Waals surface area (Å²) in [5, 5.41) is 12.2. The number of hydrogen-bond donors (Lipinski definition) is 1. The number of aromatic nitrogens is 5. The largest absolute Gasteiger partial charge is 0.462 e. The van der Waals surface area contributed by atoms with Crippen LogP contribution in [0.1, 0.15) is 22.3 Å². The molecule has 3 heterocycles. The molecule has 33 heavy (non-hydrogen) atoms. The van der Waals surface area contributed by atoms with E-state index in [9.17, 15) is 9.59 Å². The highest BCUT2D eigenvalue weighted by atomic mass is 32.2. The molecule has 0 aliphatic heterocycles. The SMILES string of the molecule is CCOC(=O)c1sc(NC(=O)CSc2ccc(-c3ccc(-n4ccnc4)cc3)nn2)nc1C. The van der Waals surface area contributed by atoms with E-state index in [4.69, 9.17) is 4.74 Å². The number of imidazole rings is 1. The third kappa shape index (κ3) is 5.62. The first kappa shape index (κ1) is 22.6. The second kappa shape index (κ2) is 10.4. The maximum atomic E-state index is 12.3. The van der Waals surface area contributed by atoms with Gasteiger partial charge in [0.15, 0.2) is 5.13 Å². The Labute approximate surface area is 198 Å². The van der Waals surface area contributed by atoms with Crippen LogP contribution in [0.4, 0.5) is 5.13 Å². The molecule has 0 aliphatic rings. The molecule has 4 rings (SSSR count). The topological polar surface area (TPSA) is 112 Å². The molecule has 1 amide bonds. The molecule has 168 valence electrons. The molecule has 0 spiro atoms. The van der Waals surface area contributed by atoms with Crippen molar-refractivity contribution in [2.24, 2.45) is 0 Å². The highest BCUT2D eigenvalue weighted by Gasteiger charge is 2.17. The van der Waals surface area contributed by atoms with Crippen LogP contribution < -0.4 is 5.32 Å². The number of thiazole rings is 1. The average Bonchev–Trinajstić information content (AvgIpc) is 3.48. The van der Waals surface area contributed by atoms with Crippen LogP contribution in [-0.4, -0.2) is 49.0 Å². The number of amides is 1. The van der Waals surface area contributed by atoms with Crippen LogP contribution >= 0.6 is 23.1 Å². The number of anilines is 1. The summed E-state index contributed by atoms with van der Waals surface area (Å²) >= 11 is 2.36. The van der Waals surface area contributed by atoms with Gasteiger partial charge in [0.25, 0.3) is 0 Å². The summed E-state index contributed by atoms with van der Waals surface area (Å²) < 4.78 is 6.91. The first-order chi connectivity index (χ1) is 16.0. The number of aryl methyl sites for hydroxylation is 1. The van der Waals surface area contributed by atoms with Gasteiger partial charge in [0.2, 0.25) is 5.91 Å². The van der Waals surface area contributed by atoms with Crippen molar-refractivity contribution in [1.29, 1.82) is 0 Å². The molecule has 0 aliphatic carbocycles. The minimum atomic E-state index is -0.436. The van der Waals surface area contributed by atoms with Gasteiger partial charge >= 0.3 is 5.97 Å². The average molecular weight is 481 g/mol. The van der Waals surface area contributed by atoms with E-state index in [2.05, 4.69) is 25.5 Å². The molecule has 11 heteroatoms. The van der Waals surface area contributed by atoms with Gasteiger partial charge in [0.05, 0.1) is 30.1 Å². The molecule has 0 bridgehead atoms. The molecule has 4 aromatic rings. The fourth-order valence-corrected chi connectivity index (χ4v) is 4.39. The van der Waals surface area contributed by atoms with Crippen LogP contribution in [0.3, 0.4) is 0 Å². The van der Waals surface area contributed by atoms with Crippen LogP contribution in [0.2, 0.25) is 0 Å². The smallest absolute Gasteiger partial charge is 0.350 e. The van der Waals surface area contributed by atoms with E-state index in [0.717, 1.165) is 28.3 Å². The first-order valence-electron chi connectivity index (χ1n) is 10.0. The minimum Gasteiger partial charge on any atom is -0.462 e. The Balaban J connectivity index is 1.32. The van der Waals surface area contributed by atoms with Gasteiger partial charge in [-0.1, -0.05) is 35.2 Å². The molecular formula is C22H20N6O3S2. The highest BCUT2D eigenvalue weighted by molar-refractivity contribution is 7.99. The van der Waals surface area contributed by atoms with Crippen molar-refractivity contribution in [2.75, 3.05) is 17.7 Å². The van der Waals surface area contributed by atoms with Crippen molar-refractivity contribution in [2.45, 2.75) is 18.9 Å². The molecular weight excluding hydrogens is 460 g/mol. The number of nitrogens with one attached hydrogen (secondary N) is 1. The van der Waals surface area contributed by atoms with Crippen molar-refractivity contribution in [3.63, 3.8) is 0 Å². The van der Waals surface area contributed by atoms with Crippen LogP contribution in [0, 0.1) is 6.92 Å². The first-order valence-corrected chi connectivity index (χ1v) is 11.8. The molecule has 0 unspecified atom stereocenters. The van der Waals surface area contributed by atoms with Crippen LogP contribution in [0.5, 0.6) is 0 Å². The van der Waals surface area contributed by atoms with Gasteiger partial charge in [-0.2, -0.15) is 0 Å². The van der Waals surface area contributed by atoms with Crippen LogP contribution in [-0.2, 0) is 9.53 Å². The number of thioether (sulfide) groups is 1. The lowest BCUT2D eigenvalue weighted by Gasteiger charge is -2.05. The summed E-state index contributed by atoms with van der Waals surface area (Å²) in [4.78, 5) is 32.8. The van der Waals surface area contributed by atoms with Crippen molar-refractivity contribution < 1.29 is 14.3 Å².